The normalized spacial score (nSPS) is 19.2. The van der Waals surface area contributed by atoms with E-state index in [1.807, 2.05) is 0 Å². The maximum Gasteiger partial charge on any atom is 0.0645 e. The Labute approximate surface area is 106 Å². The van der Waals surface area contributed by atoms with Gasteiger partial charge in [0.05, 0.1) is 25.4 Å². The maximum absolute atomic E-state index is 9.22. The first-order chi connectivity index (χ1) is 8.26. The van der Waals surface area contributed by atoms with Crippen molar-refractivity contribution < 1.29 is 9.84 Å². The van der Waals surface area contributed by atoms with Gasteiger partial charge in [-0.25, -0.2) is 0 Å². The van der Waals surface area contributed by atoms with E-state index in [0.29, 0.717) is 18.8 Å². The monoisotopic (exact) mass is 243 g/mol. The molecule has 1 fully saturated rings. The third-order valence-corrected chi connectivity index (χ3v) is 3.32. The van der Waals surface area contributed by atoms with Crippen LogP contribution in [0.4, 0.5) is 0 Å². The SMILES string of the molecule is CCCCCCC(C)OCC(CO)NC1CC1. The van der Waals surface area contributed by atoms with Crippen molar-refractivity contribution in [3.05, 3.63) is 0 Å². The summed E-state index contributed by atoms with van der Waals surface area (Å²) in [6, 6.07) is 0.760. The molecule has 0 aromatic rings. The van der Waals surface area contributed by atoms with E-state index < -0.39 is 0 Å². The Balaban J connectivity index is 1.98. The third-order valence-electron chi connectivity index (χ3n) is 3.32. The van der Waals surface area contributed by atoms with Crippen molar-refractivity contribution in [2.75, 3.05) is 13.2 Å². The Morgan fingerprint density at radius 3 is 2.65 bits per heavy atom. The highest BCUT2D eigenvalue weighted by Crippen LogP contribution is 2.19. The summed E-state index contributed by atoms with van der Waals surface area (Å²) >= 11 is 0. The third kappa shape index (κ3) is 7.74. The lowest BCUT2D eigenvalue weighted by Crippen LogP contribution is -2.39. The molecule has 0 saturated heterocycles. The van der Waals surface area contributed by atoms with Gasteiger partial charge >= 0.3 is 0 Å². The zero-order chi connectivity index (χ0) is 12.5. The van der Waals surface area contributed by atoms with Crippen molar-refractivity contribution in [1.82, 2.24) is 5.32 Å². The minimum atomic E-state index is 0.126. The highest BCUT2D eigenvalue weighted by Gasteiger charge is 2.24. The van der Waals surface area contributed by atoms with Crippen molar-refractivity contribution in [3.8, 4) is 0 Å². The molecule has 3 heteroatoms. The Hall–Kier alpha value is -0.120. The lowest BCUT2D eigenvalue weighted by molar-refractivity contribution is 0.0310. The van der Waals surface area contributed by atoms with Crippen molar-refractivity contribution in [2.45, 2.75) is 77.0 Å². The molecule has 2 atom stereocenters. The summed E-state index contributed by atoms with van der Waals surface area (Å²) in [4.78, 5) is 0. The van der Waals surface area contributed by atoms with Gasteiger partial charge in [0, 0.05) is 6.04 Å². The van der Waals surface area contributed by atoms with Gasteiger partial charge in [0.15, 0.2) is 0 Å². The van der Waals surface area contributed by atoms with Gasteiger partial charge < -0.3 is 15.2 Å². The number of unbranched alkanes of at least 4 members (excludes halogenated alkanes) is 3. The van der Waals surface area contributed by atoms with Crippen molar-refractivity contribution in [3.63, 3.8) is 0 Å². The minimum absolute atomic E-state index is 0.126. The van der Waals surface area contributed by atoms with Crippen LogP contribution in [0.15, 0.2) is 0 Å². The molecule has 0 aliphatic heterocycles. The molecule has 0 bridgehead atoms. The first-order valence-corrected chi connectivity index (χ1v) is 7.24. The topological polar surface area (TPSA) is 41.5 Å². The second-order valence-electron chi connectivity index (χ2n) is 5.31. The van der Waals surface area contributed by atoms with Gasteiger partial charge in [0.2, 0.25) is 0 Å². The van der Waals surface area contributed by atoms with Crippen LogP contribution >= 0.6 is 0 Å². The highest BCUT2D eigenvalue weighted by molar-refractivity contribution is 4.84. The molecule has 102 valence electrons. The maximum atomic E-state index is 9.22. The van der Waals surface area contributed by atoms with Crippen LogP contribution in [0.2, 0.25) is 0 Å². The molecule has 2 unspecified atom stereocenters. The highest BCUT2D eigenvalue weighted by atomic mass is 16.5. The molecule has 17 heavy (non-hydrogen) atoms. The second kappa shape index (κ2) is 8.90. The van der Waals surface area contributed by atoms with Crippen LogP contribution in [-0.4, -0.2) is 36.5 Å². The molecule has 1 aliphatic rings. The van der Waals surface area contributed by atoms with E-state index in [1.165, 1.54) is 38.5 Å². The van der Waals surface area contributed by atoms with Gasteiger partial charge in [-0.15, -0.1) is 0 Å². The summed E-state index contributed by atoms with van der Waals surface area (Å²) in [5.41, 5.74) is 0. The average molecular weight is 243 g/mol. The zero-order valence-corrected chi connectivity index (χ0v) is 11.5. The van der Waals surface area contributed by atoms with Crippen molar-refractivity contribution in [2.24, 2.45) is 0 Å². The quantitative estimate of drug-likeness (QED) is 0.548. The van der Waals surface area contributed by atoms with E-state index in [-0.39, 0.29) is 12.6 Å². The standard InChI is InChI=1S/C14H29NO2/c1-3-4-5-6-7-12(2)17-11-14(10-16)15-13-8-9-13/h12-16H,3-11H2,1-2H3. The van der Waals surface area contributed by atoms with E-state index in [0.717, 1.165) is 6.42 Å². The lowest BCUT2D eigenvalue weighted by atomic mass is 10.1. The molecule has 0 heterocycles. The Morgan fingerprint density at radius 2 is 2.06 bits per heavy atom. The predicted molar refractivity (Wildman–Crippen MR) is 71.2 cm³/mol. The van der Waals surface area contributed by atoms with E-state index in [1.54, 1.807) is 0 Å². The van der Waals surface area contributed by atoms with Gasteiger partial charge in [-0.1, -0.05) is 32.6 Å². The average Bonchev–Trinajstić information content (AvgIpc) is 3.14. The number of nitrogens with one attached hydrogen (secondary N) is 1. The number of aliphatic hydroxyl groups is 1. The summed E-state index contributed by atoms with van der Waals surface area (Å²) in [6.45, 7) is 5.19. The molecule has 3 nitrogen and oxygen atoms in total. The number of ether oxygens (including phenoxy) is 1. The van der Waals surface area contributed by atoms with E-state index in [9.17, 15) is 5.11 Å². The molecule has 0 radical (unpaired) electrons. The summed E-state index contributed by atoms with van der Waals surface area (Å²) in [5.74, 6) is 0. The zero-order valence-electron chi connectivity index (χ0n) is 11.5. The fraction of sp³-hybridized carbons (Fsp3) is 1.00. The van der Waals surface area contributed by atoms with Crippen LogP contribution in [-0.2, 0) is 4.74 Å². The predicted octanol–water partition coefficient (Wildman–Crippen LogP) is 2.47. The Morgan fingerprint density at radius 1 is 1.29 bits per heavy atom. The number of hydrogen-bond acceptors (Lipinski definition) is 3. The van der Waals surface area contributed by atoms with Crippen LogP contribution < -0.4 is 5.32 Å². The van der Waals surface area contributed by atoms with E-state index in [4.69, 9.17) is 4.74 Å². The smallest absolute Gasteiger partial charge is 0.0645 e. The molecule has 0 aromatic heterocycles. The molecule has 0 aromatic carbocycles. The summed E-state index contributed by atoms with van der Waals surface area (Å²) in [6.07, 6.45) is 9.15. The van der Waals surface area contributed by atoms with Crippen LogP contribution in [0, 0.1) is 0 Å². The Kier molecular flexibility index (Phi) is 7.82. The van der Waals surface area contributed by atoms with Gasteiger partial charge in [-0.05, 0) is 26.2 Å². The minimum Gasteiger partial charge on any atom is -0.395 e. The fourth-order valence-electron chi connectivity index (χ4n) is 1.96. The fourth-order valence-corrected chi connectivity index (χ4v) is 1.96. The number of rotatable bonds is 11. The summed E-state index contributed by atoms with van der Waals surface area (Å²) in [5, 5.41) is 12.6. The first-order valence-electron chi connectivity index (χ1n) is 7.24. The molecular formula is C14H29NO2. The largest absolute Gasteiger partial charge is 0.395 e. The van der Waals surface area contributed by atoms with Gasteiger partial charge in [-0.2, -0.15) is 0 Å². The van der Waals surface area contributed by atoms with Crippen LogP contribution in [0.25, 0.3) is 0 Å². The summed E-state index contributed by atoms with van der Waals surface area (Å²) < 4.78 is 5.78. The van der Waals surface area contributed by atoms with Crippen LogP contribution in [0.3, 0.4) is 0 Å². The van der Waals surface area contributed by atoms with Crippen LogP contribution in [0.5, 0.6) is 0 Å². The molecule has 0 amide bonds. The number of hydrogen-bond donors (Lipinski definition) is 2. The molecular weight excluding hydrogens is 214 g/mol. The van der Waals surface area contributed by atoms with Gasteiger partial charge in [0.25, 0.3) is 0 Å². The molecule has 2 N–H and O–H groups in total. The van der Waals surface area contributed by atoms with E-state index in [2.05, 4.69) is 19.2 Å². The number of aliphatic hydroxyl groups excluding tert-OH is 1. The second-order valence-corrected chi connectivity index (χ2v) is 5.31. The molecule has 0 spiro atoms. The Bertz CT molecular complexity index is 183. The van der Waals surface area contributed by atoms with Crippen molar-refractivity contribution >= 4 is 0 Å². The first kappa shape index (κ1) is 14.9. The van der Waals surface area contributed by atoms with E-state index >= 15 is 0 Å². The van der Waals surface area contributed by atoms with Gasteiger partial charge in [-0.3, -0.25) is 0 Å². The van der Waals surface area contributed by atoms with Gasteiger partial charge in [0.1, 0.15) is 0 Å². The summed E-state index contributed by atoms with van der Waals surface area (Å²) in [7, 11) is 0. The lowest BCUT2D eigenvalue weighted by Gasteiger charge is -2.19. The molecule has 1 rings (SSSR count). The van der Waals surface area contributed by atoms with Crippen molar-refractivity contribution in [1.29, 1.82) is 0 Å². The molecule has 1 aliphatic carbocycles. The van der Waals surface area contributed by atoms with Crippen LogP contribution in [0.1, 0.15) is 58.8 Å². The molecule has 1 saturated carbocycles.